The molecule has 0 bridgehead atoms. The Bertz CT molecular complexity index is 989. The lowest BCUT2D eigenvalue weighted by Gasteiger charge is -2.14. The molecule has 3 aromatic carbocycles. The lowest BCUT2D eigenvalue weighted by Crippen LogP contribution is -2.30. The molecule has 2 amide bonds. The Morgan fingerprint density at radius 2 is 1.33 bits per heavy atom. The van der Waals surface area contributed by atoms with E-state index in [-0.39, 0.29) is 5.75 Å². The van der Waals surface area contributed by atoms with Crippen molar-refractivity contribution >= 4 is 34.0 Å². The number of fused-ring (bicyclic) bond motifs is 1. The summed E-state index contributed by atoms with van der Waals surface area (Å²) in [5.41, 5.74) is 3.16. The van der Waals surface area contributed by atoms with Crippen LogP contribution in [0.4, 0.5) is 11.4 Å². The van der Waals surface area contributed by atoms with Gasteiger partial charge < -0.3 is 15.7 Å². The van der Waals surface area contributed by atoms with E-state index in [1.54, 1.807) is 36.4 Å². The average molecular weight is 362 g/mol. The van der Waals surface area contributed by atoms with Gasteiger partial charge in [-0.2, -0.15) is 0 Å². The number of aryl methyl sites for hydroxylation is 2. The highest BCUT2D eigenvalue weighted by Crippen LogP contribution is 2.30. The van der Waals surface area contributed by atoms with Crippen molar-refractivity contribution < 1.29 is 14.7 Å². The van der Waals surface area contributed by atoms with E-state index in [0.29, 0.717) is 22.1 Å². The maximum Gasteiger partial charge on any atom is 0.314 e. The van der Waals surface area contributed by atoms with Crippen LogP contribution in [0.15, 0.2) is 54.6 Å². The van der Waals surface area contributed by atoms with Crippen LogP contribution in [0.1, 0.15) is 25.0 Å². The number of phenols is 1. The van der Waals surface area contributed by atoms with Crippen molar-refractivity contribution in [2.45, 2.75) is 26.7 Å². The molecule has 3 N–H and O–H groups in total. The fourth-order valence-electron chi connectivity index (χ4n) is 3.15. The third-order valence-corrected chi connectivity index (χ3v) is 4.59. The van der Waals surface area contributed by atoms with E-state index < -0.39 is 11.8 Å². The fraction of sp³-hybridized carbons (Fsp3) is 0.182. The molecule has 0 fully saturated rings. The zero-order valence-corrected chi connectivity index (χ0v) is 15.4. The number of para-hydroxylation sites is 1. The molecule has 0 aliphatic heterocycles. The number of carbonyl (C=O) groups is 2. The van der Waals surface area contributed by atoms with Gasteiger partial charge >= 0.3 is 11.8 Å². The van der Waals surface area contributed by atoms with Gasteiger partial charge in [-0.15, -0.1) is 0 Å². The first kappa shape index (κ1) is 18.5. The Kier molecular flexibility index (Phi) is 5.41. The smallest absolute Gasteiger partial charge is 0.314 e. The molecule has 0 unspecified atom stereocenters. The van der Waals surface area contributed by atoms with Gasteiger partial charge in [0.15, 0.2) is 0 Å². The Morgan fingerprint density at radius 1 is 0.778 bits per heavy atom. The van der Waals surface area contributed by atoms with Gasteiger partial charge in [-0.25, -0.2) is 0 Å². The summed E-state index contributed by atoms with van der Waals surface area (Å²) in [6.45, 7) is 4.01. The SMILES string of the molecule is CCc1cccc(CC)c1NC(=O)C(=O)Nc1cccc2c(O)cccc12. The summed E-state index contributed by atoms with van der Waals surface area (Å²) in [5.74, 6) is -1.35. The number of nitrogens with one attached hydrogen (secondary N) is 2. The summed E-state index contributed by atoms with van der Waals surface area (Å²) < 4.78 is 0. The Hall–Kier alpha value is -3.34. The van der Waals surface area contributed by atoms with Crippen molar-refractivity contribution in [1.82, 2.24) is 0 Å². The molecule has 0 heterocycles. The zero-order valence-electron chi connectivity index (χ0n) is 15.4. The Labute approximate surface area is 158 Å². The number of carbonyl (C=O) groups excluding carboxylic acids is 2. The van der Waals surface area contributed by atoms with E-state index in [2.05, 4.69) is 10.6 Å². The highest BCUT2D eigenvalue weighted by Gasteiger charge is 2.18. The molecule has 0 saturated carbocycles. The van der Waals surface area contributed by atoms with Gasteiger partial charge in [0.25, 0.3) is 0 Å². The van der Waals surface area contributed by atoms with Crippen LogP contribution in [0, 0.1) is 0 Å². The van der Waals surface area contributed by atoms with Crippen LogP contribution < -0.4 is 10.6 Å². The first-order chi connectivity index (χ1) is 13.0. The molecule has 0 aliphatic carbocycles. The van der Waals surface area contributed by atoms with E-state index >= 15 is 0 Å². The molecular formula is C22H22N2O3. The van der Waals surface area contributed by atoms with Crippen molar-refractivity contribution in [3.8, 4) is 5.75 Å². The van der Waals surface area contributed by atoms with Crippen LogP contribution in [0.5, 0.6) is 5.75 Å². The van der Waals surface area contributed by atoms with Gasteiger partial charge in [0.2, 0.25) is 0 Å². The highest BCUT2D eigenvalue weighted by atomic mass is 16.3. The van der Waals surface area contributed by atoms with Crippen LogP contribution in [0.2, 0.25) is 0 Å². The molecular weight excluding hydrogens is 340 g/mol. The molecule has 5 heteroatoms. The summed E-state index contributed by atoms with van der Waals surface area (Å²) in [6, 6.07) is 16.1. The monoisotopic (exact) mass is 362 g/mol. The van der Waals surface area contributed by atoms with E-state index in [4.69, 9.17) is 0 Å². The largest absolute Gasteiger partial charge is 0.507 e. The van der Waals surface area contributed by atoms with Crippen LogP contribution in [-0.2, 0) is 22.4 Å². The number of aromatic hydroxyl groups is 1. The maximum atomic E-state index is 12.5. The Balaban J connectivity index is 1.84. The second-order valence-electron chi connectivity index (χ2n) is 6.24. The lowest BCUT2D eigenvalue weighted by atomic mass is 10.0. The number of benzene rings is 3. The summed E-state index contributed by atoms with van der Waals surface area (Å²) in [4.78, 5) is 24.9. The minimum atomic E-state index is -0.751. The topological polar surface area (TPSA) is 78.4 Å². The van der Waals surface area contributed by atoms with Gasteiger partial charge in [0, 0.05) is 22.1 Å². The molecule has 0 atom stereocenters. The van der Waals surface area contributed by atoms with Gasteiger partial charge in [-0.05, 0) is 36.1 Å². The normalized spacial score (nSPS) is 10.6. The highest BCUT2D eigenvalue weighted by molar-refractivity contribution is 6.44. The van der Waals surface area contributed by atoms with Crippen molar-refractivity contribution in [2.75, 3.05) is 10.6 Å². The van der Waals surface area contributed by atoms with Gasteiger partial charge in [-0.1, -0.05) is 56.3 Å². The lowest BCUT2D eigenvalue weighted by molar-refractivity contribution is -0.132. The van der Waals surface area contributed by atoms with Crippen molar-refractivity contribution in [1.29, 1.82) is 0 Å². The summed E-state index contributed by atoms with van der Waals surface area (Å²) in [7, 11) is 0. The fourth-order valence-corrected chi connectivity index (χ4v) is 3.15. The van der Waals surface area contributed by atoms with E-state index in [1.165, 1.54) is 0 Å². The van der Waals surface area contributed by atoms with Gasteiger partial charge in [0.1, 0.15) is 5.75 Å². The molecule has 0 aliphatic rings. The third kappa shape index (κ3) is 3.77. The Morgan fingerprint density at radius 3 is 2.00 bits per heavy atom. The summed E-state index contributed by atoms with van der Waals surface area (Å²) >= 11 is 0. The first-order valence-corrected chi connectivity index (χ1v) is 8.99. The number of phenolic OH excluding ortho intramolecular Hbond substituents is 1. The molecule has 0 spiro atoms. The number of hydrogen-bond donors (Lipinski definition) is 3. The predicted octanol–water partition coefficient (Wildman–Crippen LogP) is 4.25. The standard InChI is InChI=1S/C22H22N2O3/c1-3-14-8-5-9-15(4-2)20(14)24-22(27)21(26)23-18-12-6-11-17-16(18)10-7-13-19(17)25/h5-13,25H,3-4H2,1-2H3,(H,23,26)(H,24,27). The minimum Gasteiger partial charge on any atom is -0.507 e. The number of hydrogen-bond acceptors (Lipinski definition) is 3. The number of anilines is 2. The third-order valence-electron chi connectivity index (χ3n) is 4.59. The quantitative estimate of drug-likeness (QED) is 0.607. The van der Waals surface area contributed by atoms with E-state index in [9.17, 15) is 14.7 Å². The second kappa shape index (κ2) is 7.91. The molecule has 0 radical (unpaired) electrons. The van der Waals surface area contributed by atoms with Crippen LogP contribution in [0.3, 0.4) is 0 Å². The summed E-state index contributed by atoms with van der Waals surface area (Å²) in [6.07, 6.45) is 1.52. The molecule has 5 nitrogen and oxygen atoms in total. The second-order valence-corrected chi connectivity index (χ2v) is 6.24. The van der Waals surface area contributed by atoms with E-state index in [1.807, 2.05) is 32.0 Å². The molecule has 0 saturated heterocycles. The summed E-state index contributed by atoms with van der Waals surface area (Å²) in [5, 5.41) is 16.6. The maximum absolute atomic E-state index is 12.5. The molecule has 0 aromatic heterocycles. The zero-order chi connectivity index (χ0) is 19.4. The first-order valence-electron chi connectivity index (χ1n) is 8.99. The average Bonchev–Trinajstić information content (AvgIpc) is 2.68. The van der Waals surface area contributed by atoms with Crippen molar-refractivity contribution in [3.05, 3.63) is 65.7 Å². The predicted molar refractivity (Wildman–Crippen MR) is 108 cm³/mol. The van der Waals surface area contributed by atoms with Crippen molar-refractivity contribution in [3.63, 3.8) is 0 Å². The van der Waals surface area contributed by atoms with Gasteiger partial charge in [0.05, 0.1) is 0 Å². The minimum absolute atomic E-state index is 0.123. The molecule has 3 rings (SSSR count). The van der Waals surface area contributed by atoms with Crippen LogP contribution in [-0.4, -0.2) is 16.9 Å². The van der Waals surface area contributed by atoms with Gasteiger partial charge in [-0.3, -0.25) is 9.59 Å². The van der Waals surface area contributed by atoms with Crippen molar-refractivity contribution in [2.24, 2.45) is 0 Å². The molecule has 3 aromatic rings. The van der Waals surface area contributed by atoms with E-state index in [0.717, 1.165) is 24.0 Å². The molecule has 27 heavy (non-hydrogen) atoms. The number of amides is 2. The van der Waals surface area contributed by atoms with Crippen LogP contribution in [0.25, 0.3) is 10.8 Å². The number of rotatable bonds is 4. The molecule has 138 valence electrons. The van der Waals surface area contributed by atoms with Crippen LogP contribution >= 0.6 is 0 Å².